The molecule has 0 spiro atoms. The number of carbonyl (C=O) groups excluding carboxylic acids is 1. The minimum atomic E-state index is -0.472. The number of nitrogens with zero attached hydrogens (tertiary/aromatic N) is 4. The maximum absolute atomic E-state index is 12.2. The zero-order valence-corrected chi connectivity index (χ0v) is 13.9. The van der Waals surface area contributed by atoms with Crippen LogP contribution in [-0.4, -0.2) is 45.1 Å². The van der Waals surface area contributed by atoms with Crippen molar-refractivity contribution >= 4 is 17.3 Å². The Balaban J connectivity index is 1.44. The molecule has 0 unspecified atom stereocenters. The van der Waals surface area contributed by atoms with Crippen LogP contribution in [0.4, 0.5) is 11.4 Å². The number of likely N-dealkylation sites (tertiary alicyclic amines) is 1. The second-order valence-corrected chi connectivity index (χ2v) is 6.30. The Kier molecular flexibility index (Phi) is 5.39. The van der Waals surface area contributed by atoms with Crippen molar-refractivity contribution in [2.24, 2.45) is 5.92 Å². The fourth-order valence-corrected chi connectivity index (χ4v) is 3.10. The van der Waals surface area contributed by atoms with E-state index in [0.29, 0.717) is 18.2 Å². The molecule has 1 amide bonds. The Labute approximate surface area is 145 Å². The Bertz CT molecular complexity index is 724. The van der Waals surface area contributed by atoms with Crippen LogP contribution in [0.1, 0.15) is 12.8 Å². The summed E-state index contributed by atoms with van der Waals surface area (Å²) in [4.78, 5) is 24.6. The number of nitrogens with one attached hydrogen (secondary N) is 1. The highest BCUT2D eigenvalue weighted by Crippen LogP contribution is 2.20. The minimum absolute atomic E-state index is 0.0303. The summed E-state index contributed by atoms with van der Waals surface area (Å²) in [7, 11) is 0. The van der Waals surface area contributed by atoms with Gasteiger partial charge < -0.3 is 5.32 Å². The number of non-ortho nitro benzene ring substituents is 1. The number of amides is 1. The summed E-state index contributed by atoms with van der Waals surface area (Å²) in [6, 6.07) is 7.91. The lowest BCUT2D eigenvalue weighted by atomic mass is 9.97. The quantitative estimate of drug-likeness (QED) is 0.641. The zero-order chi connectivity index (χ0) is 17.6. The van der Waals surface area contributed by atoms with Gasteiger partial charge in [0.25, 0.3) is 5.69 Å². The predicted octanol–water partition coefficient (Wildman–Crippen LogP) is 2.14. The molecule has 8 nitrogen and oxygen atoms in total. The third-order valence-electron chi connectivity index (χ3n) is 4.42. The number of rotatable bonds is 6. The van der Waals surface area contributed by atoms with Crippen molar-refractivity contribution in [2.75, 3.05) is 25.0 Å². The number of anilines is 1. The Morgan fingerprint density at radius 3 is 2.80 bits per heavy atom. The normalized spacial score (nSPS) is 15.8. The summed E-state index contributed by atoms with van der Waals surface area (Å²) >= 11 is 0. The molecule has 0 bridgehead atoms. The molecule has 8 heteroatoms. The molecule has 0 radical (unpaired) electrons. The fraction of sp³-hybridized carbons (Fsp3) is 0.412. The van der Waals surface area contributed by atoms with Crippen molar-refractivity contribution in [3.8, 4) is 0 Å². The lowest BCUT2D eigenvalue weighted by Gasteiger charge is -2.31. The number of benzene rings is 1. The van der Waals surface area contributed by atoms with Crippen molar-refractivity contribution in [2.45, 2.75) is 19.4 Å². The van der Waals surface area contributed by atoms with E-state index in [1.807, 2.05) is 16.9 Å². The molecule has 1 aromatic carbocycles. The minimum Gasteiger partial charge on any atom is -0.325 e. The van der Waals surface area contributed by atoms with E-state index in [0.717, 1.165) is 32.5 Å². The molecule has 132 valence electrons. The molecule has 1 aromatic heterocycles. The van der Waals surface area contributed by atoms with Crippen LogP contribution >= 0.6 is 0 Å². The number of hydrogen-bond donors (Lipinski definition) is 1. The molecule has 0 atom stereocenters. The van der Waals surface area contributed by atoms with Crippen molar-refractivity contribution in [3.63, 3.8) is 0 Å². The van der Waals surface area contributed by atoms with Crippen molar-refractivity contribution in [3.05, 3.63) is 52.8 Å². The molecule has 25 heavy (non-hydrogen) atoms. The first-order valence-electron chi connectivity index (χ1n) is 8.34. The van der Waals surface area contributed by atoms with E-state index in [9.17, 15) is 14.9 Å². The summed E-state index contributed by atoms with van der Waals surface area (Å²) in [6.07, 6.45) is 5.82. The summed E-state index contributed by atoms with van der Waals surface area (Å²) in [5, 5.41) is 17.7. The second-order valence-electron chi connectivity index (χ2n) is 6.30. The van der Waals surface area contributed by atoms with Gasteiger partial charge in [0.2, 0.25) is 5.91 Å². The molecule has 2 aromatic rings. The lowest BCUT2D eigenvalue weighted by Crippen LogP contribution is -2.40. The van der Waals surface area contributed by atoms with Crippen LogP contribution in [0.3, 0.4) is 0 Å². The first kappa shape index (κ1) is 17.1. The summed E-state index contributed by atoms with van der Waals surface area (Å²) < 4.78 is 1.95. The van der Waals surface area contributed by atoms with Gasteiger partial charge in [-0.25, -0.2) is 0 Å². The average Bonchev–Trinajstić information content (AvgIpc) is 3.10. The predicted molar refractivity (Wildman–Crippen MR) is 93.1 cm³/mol. The second kappa shape index (κ2) is 7.89. The van der Waals surface area contributed by atoms with E-state index in [-0.39, 0.29) is 11.6 Å². The van der Waals surface area contributed by atoms with Crippen LogP contribution in [-0.2, 0) is 11.3 Å². The highest BCUT2D eigenvalue weighted by atomic mass is 16.6. The van der Waals surface area contributed by atoms with Crippen LogP contribution in [0.15, 0.2) is 42.7 Å². The van der Waals surface area contributed by atoms with Crippen molar-refractivity contribution < 1.29 is 9.72 Å². The van der Waals surface area contributed by atoms with Crippen LogP contribution in [0.25, 0.3) is 0 Å². The standard InChI is InChI=1S/C17H21N5O3/c23-17(19-15-3-1-4-16(11-15)22(24)25)13-20-9-5-14(6-10-20)12-21-8-2-7-18-21/h1-4,7-8,11,14H,5-6,9-10,12-13H2,(H,19,23). The zero-order valence-electron chi connectivity index (χ0n) is 13.9. The highest BCUT2D eigenvalue weighted by molar-refractivity contribution is 5.92. The smallest absolute Gasteiger partial charge is 0.271 e. The number of nitro benzene ring substituents is 1. The molecular formula is C17H21N5O3. The molecule has 0 saturated carbocycles. The van der Waals surface area contributed by atoms with E-state index < -0.39 is 4.92 Å². The Hall–Kier alpha value is -2.74. The van der Waals surface area contributed by atoms with E-state index >= 15 is 0 Å². The molecule has 1 N–H and O–H groups in total. The largest absolute Gasteiger partial charge is 0.325 e. The molecule has 1 fully saturated rings. The van der Waals surface area contributed by atoms with E-state index in [2.05, 4.69) is 15.3 Å². The van der Waals surface area contributed by atoms with Gasteiger partial charge in [-0.05, 0) is 44.0 Å². The van der Waals surface area contributed by atoms with Crippen LogP contribution < -0.4 is 5.32 Å². The number of hydrogen-bond acceptors (Lipinski definition) is 5. The lowest BCUT2D eigenvalue weighted by molar-refractivity contribution is -0.384. The molecule has 0 aliphatic carbocycles. The molecule has 1 saturated heterocycles. The van der Waals surface area contributed by atoms with Crippen molar-refractivity contribution in [1.29, 1.82) is 0 Å². The monoisotopic (exact) mass is 343 g/mol. The third kappa shape index (κ3) is 4.87. The molecule has 3 rings (SSSR count). The first-order chi connectivity index (χ1) is 12.1. The number of piperidine rings is 1. The van der Waals surface area contributed by atoms with Crippen LogP contribution in [0.2, 0.25) is 0 Å². The molecule has 2 heterocycles. The summed E-state index contributed by atoms with van der Waals surface area (Å²) in [6.45, 7) is 2.96. The van der Waals surface area contributed by atoms with Gasteiger partial charge in [0.1, 0.15) is 0 Å². The third-order valence-corrected chi connectivity index (χ3v) is 4.42. The molecular weight excluding hydrogens is 322 g/mol. The van der Waals surface area contributed by atoms with Gasteiger partial charge in [-0.2, -0.15) is 5.10 Å². The van der Waals surface area contributed by atoms with Crippen molar-refractivity contribution in [1.82, 2.24) is 14.7 Å². The van der Waals surface area contributed by atoms with Gasteiger partial charge in [-0.15, -0.1) is 0 Å². The van der Waals surface area contributed by atoms with Gasteiger partial charge in [0.05, 0.1) is 11.5 Å². The summed E-state index contributed by atoms with van der Waals surface area (Å²) in [5.74, 6) is 0.432. The highest BCUT2D eigenvalue weighted by Gasteiger charge is 2.21. The fourth-order valence-electron chi connectivity index (χ4n) is 3.10. The van der Waals surface area contributed by atoms with Crippen LogP contribution in [0.5, 0.6) is 0 Å². The first-order valence-corrected chi connectivity index (χ1v) is 8.34. The molecule has 1 aliphatic rings. The van der Waals surface area contributed by atoms with Gasteiger partial charge in [0, 0.05) is 36.8 Å². The van der Waals surface area contributed by atoms with E-state index in [4.69, 9.17) is 0 Å². The number of carbonyl (C=O) groups is 1. The van der Waals surface area contributed by atoms with Gasteiger partial charge in [-0.3, -0.25) is 24.5 Å². The Morgan fingerprint density at radius 2 is 2.12 bits per heavy atom. The topological polar surface area (TPSA) is 93.3 Å². The molecule has 1 aliphatic heterocycles. The Morgan fingerprint density at radius 1 is 1.32 bits per heavy atom. The van der Waals surface area contributed by atoms with Gasteiger partial charge >= 0.3 is 0 Å². The number of nitro groups is 1. The van der Waals surface area contributed by atoms with Gasteiger partial charge in [0.15, 0.2) is 0 Å². The van der Waals surface area contributed by atoms with Gasteiger partial charge in [-0.1, -0.05) is 6.07 Å². The number of aromatic nitrogens is 2. The average molecular weight is 343 g/mol. The maximum atomic E-state index is 12.2. The van der Waals surface area contributed by atoms with E-state index in [1.54, 1.807) is 18.3 Å². The maximum Gasteiger partial charge on any atom is 0.271 e. The van der Waals surface area contributed by atoms with Crippen LogP contribution in [0, 0.1) is 16.0 Å². The summed E-state index contributed by atoms with van der Waals surface area (Å²) in [5.41, 5.74) is 0.421. The SMILES string of the molecule is O=C(CN1CCC(Cn2cccn2)CC1)Nc1cccc([N+](=O)[O-])c1. The van der Waals surface area contributed by atoms with E-state index in [1.165, 1.54) is 12.1 Å².